The van der Waals surface area contributed by atoms with Crippen LogP contribution in [-0.2, 0) is 4.79 Å². The van der Waals surface area contributed by atoms with E-state index in [1.54, 1.807) is 11.8 Å². The van der Waals surface area contributed by atoms with Crippen molar-refractivity contribution in [3.63, 3.8) is 0 Å². The first kappa shape index (κ1) is 8.91. The van der Waals surface area contributed by atoms with Crippen molar-refractivity contribution in [3.05, 3.63) is 0 Å². The Balaban J connectivity index is 2.53. The van der Waals surface area contributed by atoms with E-state index in [4.69, 9.17) is 5.11 Å². The van der Waals surface area contributed by atoms with Crippen molar-refractivity contribution in [2.75, 3.05) is 5.75 Å². The number of hydrogen-bond acceptors (Lipinski definition) is 2. The lowest BCUT2D eigenvalue weighted by Gasteiger charge is -2.42. The Bertz CT molecular complexity index is 156. The van der Waals surface area contributed by atoms with Gasteiger partial charge < -0.3 is 5.11 Å². The van der Waals surface area contributed by atoms with E-state index in [0.29, 0.717) is 5.92 Å². The highest BCUT2D eigenvalue weighted by Gasteiger charge is 2.48. The SMILES string of the molecule is CCSC1(C(=O)O)CC(C)C1. The van der Waals surface area contributed by atoms with E-state index >= 15 is 0 Å². The molecule has 1 rings (SSSR count). The molecular formula is C8H14O2S. The lowest BCUT2D eigenvalue weighted by Crippen LogP contribution is -2.46. The number of aliphatic carboxylic acids is 1. The molecule has 1 aliphatic carbocycles. The molecule has 11 heavy (non-hydrogen) atoms. The molecule has 0 radical (unpaired) electrons. The topological polar surface area (TPSA) is 37.3 Å². The minimum atomic E-state index is -0.623. The molecule has 0 aromatic heterocycles. The van der Waals surface area contributed by atoms with E-state index in [-0.39, 0.29) is 0 Å². The van der Waals surface area contributed by atoms with Crippen LogP contribution in [0.2, 0.25) is 0 Å². The fourth-order valence-electron chi connectivity index (χ4n) is 1.70. The van der Waals surface area contributed by atoms with E-state index in [1.807, 2.05) is 6.92 Å². The molecule has 1 N–H and O–H groups in total. The summed E-state index contributed by atoms with van der Waals surface area (Å²) in [5.41, 5.74) is 0. The lowest BCUT2D eigenvalue weighted by atomic mass is 9.75. The second-order valence-corrected chi connectivity index (χ2v) is 4.89. The van der Waals surface area contributed by atoms with E-state index in [9.17, 15) is 4.79 Å². The maximum Gasteiger partial charge on any atom is 0.319 e. The fourth-order valence-corrected chi connectivity index (χ4v) is 3.18. The van der Waals surface area contributed by atoms with Gasteiger partial charge in [0.2, 0.25) is 0 Å². The molecule has 0 heterocycles. The van der Waals surface area contributed by atoms with Crippen LogP contribution in [0.25, 0.3) is 0 Å². The van der Waals surface area contributed by atoms with Crippen molar-refractivity contribution in [2.24, 2.45) is 5.92 Å². The average molecular weight is 174 g/mol. The quantitative estimate of drug-likeness (QED) is 0.711. The first-order chi connectivity index (χ1) is 5.10. The molecule has 0 unspecified atom stereocenters. The summed E-state index contributed by atoms with van der Waals surface area (Å²) in [6.45, 7) is 4.12. The summed E-state index contributed by atoms with van der Waals surface area (Å²) in [7, 11) is 0. The Morgan fingerprint density at radius 1 is 1.73 bits per heavy atom. The summed E-state index contributed by atoms with van der Waals surface area (Å²) >= 11 is 1.58. The molecule has 3 heteroatoms. The molecule has 0 aromatic carbocycles. The highest BCUT2D eigenvalue weighted by molar-refractivity contribution is 8.01. The predicted octanol–water partition coefficient (Wildman–Crippen LogP) is 1.99. The average Bonchev–Trinajstić information content (AvgIpc) is 1.84. The van der Waals surface area contributed by atoms with Gasteiger partial charge in [-0.25, -0.2) is 0 Å². The highest BCUT2D eigenvalue weighted by Crippen LogP contribution is 2.47. The van der Waals surface area contributed by atoms with Crippen LogP contribution in [0.5, 0.6) is 0 Å². The molecule has 0 aliphatic heterocycles. The van der Waals surface area contributed by atoms with E-state index in [0.717, 1.165) is 18.6 Å². The van der Waals surface area contributed by atoms with E-state index in [2.05, 4.69) is 6.92 Å². The normalized spacial score (nSPS) is 36.4. The summed E-state index contributed by atoms with van der Waals surface area (Å²) in [6, 6.07) is 0. The van der Waals surface area contributed by atoms with Crippen LogP contribution in [0.15, 0.2) is 0 Å². The summed E-state index contributed by atoms with van der Waals surface area (Å²) < 4.78 is -0.422. The number of carboxylic acids is 1. The molecule has 1 saturated carbocycles. The minimum absolute atomic E-state index is 0.422. The summed E-state index contributed by atoms with van der Waals surface area (Å²) in [5.74, 6) is 0.881. The zero-order valence-corrected chi connectivity index (χ0v) is 7.78. The van der Waals surface area contributed by atoms with Crippen LogP contribution in [0.1, 0.15) is 26.7 Å². The Kier molecular flexibility index (Phi) is 2.47. The molecule has 0 amide bonds. The third-order valence-corrected chi connectivity index (χ3v) is 3.52. The Morgan fingerprint density at radius 2 is 2.27 bits per heavy atom. The molecule has 0 atom stereocenters. The Morgan fingerprint density at radius 3 is 2.55 bits per heavy atom. The van der Waals surface area contributed by atoms with E-state index < -0.39 is 10.7 Å². The predicted molar refractivity (Wildman–Crippen MR) is 46.9 cm³/mol. The zero-order valence-electron chi connectivity index (χ0n) is 6.96. The third-order valence-electron chi connectivity index (χ3n) is 2.17. The monoisotopic (exact) mass is 174 g/mol. The standard InChI is InChI=1S/C8H14O2S/c1-3-11-8(7(9)10)4-6(2)5-8/h6H,3-5H2,1-2H3,(H,9,10). The first-order valence-corrected chi connectivity index (χ1v) is 4.96. The van der Waals surface area contributed by atoms with Crippen molar-refractivity contribution in [1.82, 2.24) is 0 Å². The number of carbonyl (C=O) groups is 1. The third kappa shape index (κ3) is 1.53. The van der Waals surface area contributed by atoms with Gasteiger partial charge in [0.25, 0.3) is 0 Å². The molecule has 64 valence electrons. The van der Waals surface area contributed by atoms with Crippen LogP contribution < -0.4 is 0 Å². The van der Waals surface area contributed by atoms with Gasteiger partial charge in [-0.1, -0.05) is 13.8 Å². The largest absolute Gasteiger partial charge is 0.480 e. The highest BCUT2D eigenvalue weighted by atomic mass is 32.2. The maximum absolute atomic E-state index is 10.8. The number of rotatable bonds is 3. The van der Waals surface area contributed by atoms with Gasteiger partial charge in [0.1, 0.15) is 4.75 Å². The maximum atomic E-state index is 10.8. The van der Waals surface area contributed by atoms with Crippen LogP contribution in [-0.4, -0.2) is 21.6 Å². The van der Waals surface area contributed by atoms with Crippen molar-refractivity contribution >= 4 is 17.7 Å². The molecule has 1 fully saturated rings. The zero-order chi connectivity index (χ0) is 8.48. The van der Waals surface area contributed by atoms with Gasteiger partial charge in [-0.3, -0.25) is 4.79 Å². The molecule has 0 bridgehead atoms. The molecule has 0 aromatic rings. The van der Waals surface area contributed by atoms with Crippen molar-refractivity contribution in [2.45, 2.75) is 31.4 Å². The second-order valence-electron chi connectivity index (χ2n) is 3.25. The van der Waals surface area contributed by atoms with E-state index in [1.165, 1.54) is 0 Å². The van der Waals surface area contributed by atoms with Crippen LogP contribution >= 0.6 is 11.8 Å². The van der Waals surface area contributed by atoms with Gasteiger partial charge in [-0.2, -0.15) is 0 Å². The van der Waals surface area contributed by atoms with Gasteiger partial charge >= 0.3 is 5.97 Å². The molecule has 2 nitrogen and oxygen atoms in total. The first-order valence-electron chi connectivity index (χ1n) is 3.98. The van der Waals surface area contributed by atoms with Gasteiger partial charge in [0, 0.05) is 0 Å². The smallest absolute Gasteiger partial charge is 0.319 e. The van der Waals surface area contributed by atoms with Gasteiger partial charge in [0.05, 0.1) is 0 Å². The summed E-state index contributed by atoms with van der Waals surface area (Å²) in [5, 5.41) is 8.91. The van der Waals surface area contributed by atoms with Gasteiger partial charge in [-0.15, -0.1) is 11.8 Å². The van der Waals surface area contributed by atoms with Crippen LogP contribution in [0, 0.1) is 5.92 Å². The van der Waals surface area contributed by atoms with Crippen molar-refractivity contribution in [1.29, 1.82) is 0 Å². The number of carboxylic acid groups (broad SMARTS) is 1. The number of hydrogen-bond donors (Lipinski definition) is 1. The summed E-state index contributed by atoms with van der Waals surface area (Å²) in [6.07, 6.45) is 1.70. The van der Waals surface area contributed by atoms with Crippen molar-refractivity contribution < 1.29 is 9.90 Å². The molecular weight excluding hydrogens is 160 g/mol. The van der Waals surface area contributed by atoms with Crippen molar-refractivity contribution in [3.8, 4) is 0 Å². The number of thioether (sulfide) groups is 1. The lowest BCUT2D eigenvalue weighted by molar-refractivity contribution is -0.143. The molecule has 0 saturated heterocycles. The van der Waals surface area contributed by atoms with Gasteiger partial charge in [-0.05, 0) is 24.5 Å². The fraction of sp³-hybridized carbons (Fsp3) is 0.875. The summed E-state index contributed by atoms with van der Waals surface area (Å²) in [4.78, 5) is 10.8. The Labute approximate surface area is 71.4 Å². The minimum Gasteiger partial charge on any atom is -0.480 e. The van der Waals surface area contributed by atoms with Gasteiger partial charge in [0.15, 0.2) is 0 Å². The second kappa shape index (κ2) is 3.05. The Hall–Kier alpha value is -0.180. The van der Waals surface area contributed by atoms with Crippen LogP contribution in [0.3, 0.4) is 0 Å². The molecule has 0 spiro atoms. The molecule has 1 aliphatic rings. The van der Waals surface area contributed by atoms with Crippen LogP contribution in [0.4, 0.5) is 0 Å².